The zero-order valence-corrected chi connectivity index (χ0v) is 11.8. The van der Waals surface area contributed by atoms with Gasteiger partial charge in [0.25, 0.3) is 0 Å². The molecule has 2 aromatic rings. The average Bonchev–Trinajstić information content (AvgIpc) is 2.68. The molecule has 0 amide bonds. The monoisotopic (exact) mass is 268 g/mol. The van der Waals surface area contributed by atoms with E-state index in [-0.39, 0.29) is 0 Å². The van der Waals surface area contributed by atoms with Gasteiger partial charge in [-0.15, -0.1) is 0 Å². The number of nitrogens with two attached hydrogens (primary N) is 1. The molecule has 0 saturated heterocycles. The second kappa shape index (κ2) is 5.55. The molecule has 1 aliphatic rings. The molecular formula is C17H20N2O. The Bertz CT molecular complexity index is 597. The third-order valence-electron chi connectivity index (χ3n) is 3.92. The zero-order chi connectivity index (χ0) is 13.9. The van der Waals surface area contributed by atoms with Crippen molar-refractivity contribution in [3.05, 3.63) is 59.7 Å². The van der Waals surface area contributed by atoms with E-state index in [1.165, 1.54) is 11.1 Å². The van der Waals surface area contributed by atoms with E-state index in [1.807, 2.05) is 24.3 Å². The number of nitrogen functional groups attached to an aromatic ring is 1. The third kappa shape index (κ3) is 2.63. The molecule has 0 saturated carbocycles. The minimum absolute atomic E-state index is 0.327. The summed E-state index contributed by atoms with van der Waals surface area (Å²) in [5.41, 5.74) is 9.22. The molecule has 3 nitrogen and oxygen atoms in total. The predicted octanol–water partition coefficient (Wildman–Crippen LogP) is 3.22. The van der Waals surface area contributed by atoms with E-state index < -0.39 is 0 Å². The van der Waals surface area contributed by atoms with Crippen LogP contribution in [-0.4, -0.2) is 18.1 Å². The Labute approximate surface area is 120 Å². The van der Waals surface area contributed by atoms with Gasteiger partial charge in [0, 0.05) is 30.4 Å². The van der Waals surface area contributed by atoms with E-state index in [4.69, 9.17) is 10.5 Å². The van der Waals surface area contributed by atoms with Gasteiger partial charge in [-0.05, 0) is 30.7 Å². The maximum atomic E-state index is 5.89. The van der Waals surface area contributed by atoms with Crippen LogP contribution >= 0.6 is 0 Å². The highest BCUT2D eigenvalue weighted by Crippen LogP contribution is 2.28. The molecule has 0 radical (unpaired) electrons. The molecule has 0 aromatic heterocycles. The first-order chi connectivity index (χ1) is 9.74. The smallest absolute Gasteiger partial charge is 0.123 e. The molecule has 3 rings (SSSR count). The number of para-hydroxylation sites is 1. The molecule has 0 fully saturated rings. The first-order valence-electron chi connectivity index (χ1n) is 7.04. The van der Waals surface area contributed by atoms with Crippen molar-refractivity contribution in [2.24, 2.45) is 0 Å². The van der Waals surface area contributed by atoms with Crippen molar-refractivity contribution in [2.75, 3.05) is 18.9 Å². The Morgan fingerprint density at radius 2 is 2.00 bits per heavy atom. The van der Waals surface area contributed by atoms with Crippen LogP contribution in [0.25, 0.3) is 0 Å². The van der Waals surface area contributed by atoms with Gasteiger partial charge >= 0.3 is 0 Å². The molecule has 1 heterocycles. The normalized spacial score (nSPS) is 16.9. The summed E-state index contributed by atoms with van der Waals surface area (Å²) in [5, 5.41) is 0. The fourth-order valence-electron chi connectivity index (χ4n) is 2.71. The standard InChI is InChI=1S/C17H20N2O/c1-13(14-6-4-7-16(18)11-14)19-9-10-20-17-8-3-2-5-15(17)12-19/h2-8,11,13H,9-10,12,18H2,1H3. The van der Waals surface area contributed by atoms with Crippen LogP contribution in [0, 0.1) is 0 Å². The highest BCUT2D eigenvalue weighted by Gasteiger charge is 2.20. The van der Waals surface area contributed by atoms with Crippen LogP contribution in [0.2, 0.25) is 0 Å². The van der Waals surface area contributed by atoms with Crippen LogP contribution in [0.4, 0.5) is 5.69 Å². The van der Waals surface area contributed by atoms with Gasteiger partial charge in [-0.25, -0.2) is 0 Å². The van der Waals surface area contributed by atoms with Gasteiger partial charge in [-0.3, -0.25) is 4.90 Å². The van der Waals surface area contributed by atoms with Gasteiger partial charge in [0.05, 0.1) is 0 Å². The van der Waals surface area contributed by atoms with Crippen molar-refractivity contribution in [2.45, 2.75) is 19.5 Å². The van der Waals surface area contributed by atoms with E-state index in [2.05, 4.69) is 36.1 Å². The number of benzene rings is 2. The van der Waals surface area contributed by atoms with Gasteiger partial charge in [0.2, 0.25) is 0 Å². The fraction of sp³-hybridized carbons (Fsp3) is 0.294. The Balaban J connectivity index is 1.84. The predicted molar refractivity (Wildman–Crippen MR) is 81.6 cm³/mol. The molecule has 1 aliphatic heterocycles. The maximum absolute atomic E-state index is 5.89. The van der Waals surface area contributed by atoms with E-state index >= 15 is 0 Å². The van der Waals surface area contributed by atoms with Crippen LogP contribution in [-0.2, 0) is 6.54 Å². The van der Waals surface area contributed by atoms with Crippen molar-refractivity contribution in [1.29, 1.82) is 0 Å². The molecule has 0 bridgehead atoms. The molecular weight excluding hydrogens is 248 g/mol. The lowest BCUT2D eigenvalue weighted by atomic mass is 10.1. The lowest BCUT2D eigenvalue weighted by Gasteiger charge is -2.27. The van der Waals surface area contributed by atoms with Crippen LogP contribution in [0.15, 0.2) is 48.5 Å². The lowest BCUT2D eigenvalue weighted by Crippen LogP contribution is -2.28. The van der Waals surface area contributed by atoms with Crippen molar-refractivity contribution in [3.63, 3.8) is 0 Å². The van der Waals surface area contributed by atoms with E-state index in [0.29, 0.717) is 6.04 Å². The minimum atomic E-state index is 0.327. The summed E-state index contributed by atoms with van der Waals surface area (Å²) >= 11 is 0. The van der Waals surface area contributed by atoms with Crippen LogP contribution < -0.4 is 10.5 Å². The van der Waals surface area contributed by atoms with Gasteiger partial charge in [-0.1, -0.05) is 30.3 Å². The molecule has 1 unspecified atom stereocenters. The van der Waals surface area contributed by atoms with Crippen molar-refractivity contribution < 1.29 is 4.74 Å². The topological polar surface area (TPSA) is 38.5 Å². The molecule has 2 aromatic carbocycles. The first-order valence-corrected chi connectivity index (χ1v) is 7.04. The summed E-state index contributed by atoms with van der Waals surface area (Å²) in [5.74, 6) is 1.01. The number of anilines is 1. The number of ether oxygens (including phenoxy) is 1. The summed E-state index contributed by atoms with van der Waals surface area (Å²) in [7, 11) is 0. The number of nitrogens with zero attached hydrogens (tertiary/aromatic N) is 1. The van der Waals surface area contributed by atoms with Crippen molar-refractivity contribution in [3.8, 4) is 5.75 Å². The summed E-state index contributed by atoms with van der Waals surface area (Å²) < 4.78 is 5.82. The molecule has 104 valence electrons. The molecule has 3 heteroatoms. The van der Waals surface area contributed by atoms with E-state index in [0.717, 1.165) is 31.1 Å². The summed E-state index contributed by atoms with van der Waals surface area (Å²) in [4.78, 5) is 2.43. The highest BCUT2D eigenvalue weighted by molar-refractivity contribution is 5.42. The summed E-state index contributed by atoms with van der Waals surface area (Å²) in [6.45, 7) is 4.78. The fourth-order valence-corrected chi connectivity index (χ4v) is 2.71. The number of fused-ring (bicyclic) bond motifs is 1. The van der Waals surface area contributed by atoms with Crippen molar-refractivity contribution in [1.82, 2.24) is 4.90 Å². The maximum Gasteiger partial charge on any atom is 0.123 e. The largest absolute Gasteiger partial charge is 0.492 e. The number of hydrogen-bond acceptors (Lipinski definition) is 3. The minimum Gasteiger partial charge on any atom is -0.492 e. The zero-order valence-electron chi connectivity index (χ0n) is 11.8. The van der Waals surface area contributed by atoms with Gasteiger partial charge in [0.1, 0.15) is 12.4 Å². The van der Waals surface area contributed by atoms with E-state index in [9.17, 15) is 0 Å². The Morgan fingerprint density at radius 1 is 1.15 bits per heavy atom. The van der Waals surface area contributed by atoms with E-state index in [1.54, 1.807) is 0 Å². The molecule has 0 aliphatic carbocycles. The Morgan fingerprint density at radius 3 is 2.85 bits per heavy atom. The Hall–Kier alpha value is -2.00. The molecule has 0 spiro atoms. The van der Waals surface area contributed by atoms with Crippen LogP contribution in [0.5, 0.6) is 5.75 Å². The quantitative estimate of drug-likeness (QED) is 0.850. The third-order valence-corrected chi connectivity index (χ3v) is 3.92. The van der Waals surface area contributed by atoms with Crippen LogP contribution in [0.1, 0.15) is 24.1 Å². The molecule has 2 N–H and O–H groups in total. The molecule has 1 atom stereocenters. The average molecular weight is 268 g/mol. The first kappa shape index (κ1) is 13.0. The SMILES string of the molecule is CC(c1cccc(N)c1)N1CCOc2ccccc2C1. The summed E-state index contributed by atoms with van der Waals surface area (Å²) in [6, 6.07) is 16.7. The summed E-state index contributed by atoms with van der Waals surface area (Å²) in [6.07, 6.45) is 0. The van der Waals surface area contributed by atoms with Gasteiger partial charge < -0.3 is 10.5 Å². The second-order valence-corrected chi connectivity index (χ2v) is 5.27. The Kier molecular flexibility index (Phi) is 3.61. The second-order valence-electron chi connectivity index (χ2n) is 5.27. The van der Waals surface area contributed by atoms with Crippen LogP contribution in [0.3, 0.4) is 0 Å². The van der Waals surface area contributed by atoms with Crippen molar-refractivity contribution >= 4 is 5.69 Å². The number of hydrogen-bond donors (Lipinski definition) is 1. The molecule has 20 heavy (non-hydrogen) atoms. The number of rotatable bonds is 2. The highest BCUT2D eigenvalue weighted by atomic mass is 16.5. The lowest BCUT2D eigenvalue weighted by molar-refractivity contribution is 0.179. The van der Waals surface area contributed by atoms with Gasteiger partial charge in [0.15, 0.2) is 0 Å². The van der Waals surface area contributed by atoms with Gasteiger partial charge in [-0.2, -0.15) is 0 Å².